The zero-order valence-electron chi connectivity index (χ0n) is 13.6. The summed E-state index contributed by atoms with van der Waals surface area (Å²) in [4.78, 5) is 25.1. The molecule has 7 nitrogen and oxygen atoms in total. The lowest BCUT2D eigenvalue weighted by molar-refractivity contribution is -0.140. The molecule has 0 aliphatic carbocycles. The van der Waals surface area contributed by atoms with Crippen molar-refractivity contribution in [3.63, 3.8) is 0 Å². The molecular weight excluding hydrogens is 332 g/mol. The Balaban J connectivity index is 2.00. The Morgan fingerprint density at radius 1 is 1.29 bits per heavy atom. The minimum Gasteiger partial charge on any atom is -0.480 e. The lowest BCUT2D eigenvalue weighted by Gasteiger charge is -2.26. The molecule has 1 aromatic carbocycles. The van der Waals surface area contributed by atoms with Crippen molar-refractivity contribution in [1.29, 1.82) is 0 Å². The van der Waals surface area contributed by atoms with Crippen LogP contribution >= 0.6 is 0 Å². The van der Waals surface area contributed by atoms with Gasteiger partial charge in [0.1, 0.15) is 6.04 Å². The average Bonchev–Trinajstić information content (AvgIpc) is 2.82. The molecule has 1 atom stereocenters. The van der Waals surface area contributed by atoms with Crippen molar-refractivity contribution in [2.75, 3.05) is 11.4 Å². The van der Waals surface area contributed by atoms with Crippen molar-refractivity contribution in [1.82, 2.24) is 4.72 Å². The Labute approximate surface area is 140 Å². The normalized spacial score (nSPS) is 18.0. The highest BCUT2D eigenvalue weighted by Crippen LogP contribution is 2.38. The van der Waals surface area contributed by atoms with E-state index >= 15 is 0 Å². The van der Waals surface area contributed by atoms with Crippen LogP contribution in [0.2, 0.25) is 0 Å². The van der Waals surface area contributed by atoms with E-state index in [1.165, 1.54) is 6.07 Å². The number of aliphatic carboxylic acids is 1. The van der Waals surface area contributed by atoms with Crippen LogP contribution in [0.4, 0.5) is 5.69 Å². The van der Waals surface area contributed by atoms with Crippen LogP contribution in [0.25, 0.3) is 0 Å². The molecule has 2 heterocycles. The van der Waals surface area contributed by atoms with Gasteiger partial charge in [-0.05, 0) is 42.0 Å². The molecule has 1 aromatic rings. The van der Waals surface area contributed by atoms with E-state index in [1.54, 1.807) is 24.8 Å². The van der Waals surface area contributed by atoms with Crippen molar-refractivity contribution >= 4 is 27.6 Å². The Bertz CT molecular complexity index is 816. The second-order valence-electron chi connectivity index (χ2n) is 6.60. The van der Waals surface area contributed by atoms with E-state index in [2.05, 4.69) is 4.72 Å². The van der Waals surface area contributed by atoms with Crippen molar-refractivity contribution in [3.8, 4) is 0 Å². The molecule has 8 heteroatoms. The summed E-state index contributed by atoms with van der Waals surface area (Å²) in [5.41, 5.74) is 2.37. The smallest absolute Gasteiger partial charge is 0.322 e. The summed E-state index contributed by atoms with van der Waals surface area (Å²) >= 11 is 0. The van der Waals surface area contributed by atoms with Gasteiger partial charge in [0.25, 0.3) is 0 Å². The fourth-order valence-corrected chi connectivity index (χ4v) is 4.75. The van der Waals surface area contributed by atoms with E-state index in [0.717, 1.165) is 17.7 Å². The van der Waals surface area contributed by atoms with Crippen LogP contribution in [0.1, 0.15) is 31.4 Å². The molecule has 24 heavy (non-hydrogen) atoms. The molecular formula is C16H20N2O5S. The van der Waals surface area contributed by atoms with E-state index in [0.29, 0.717) is 18.5 Å². The first-order chi connectivity index (χ1) is 11.2. The molecule has 2 aliphatic heterocycles. The number of sulfonamides is 1. The number of hydrogen-bond acceptors (Lipinski definition) is 4. The monoisotopic (exact) mass is 352 g/mol. The SMILES string of the molecule is CC(C)C(NS(=O)(=O)c1cc2c3c(c1)CC(=O)N3CCC2)C(=O)O. The van der Waals surface area contributed by atoms with Crippen molar-refractivity contribution in [3.05, 3.63) is 23.3 Å². The molecule has 0 saturated carbocycles. The maximum Gasteiger partial charge on any atom is 0.322 e. The molecule has 2 aliphatic rings. The Morgan fingerprint density at radius 3 is 2.58 bits per heavy atom. The number of amides is 1. The minimum absolute atomic E-state index is 0.0148. The molecule has 3 rings (SSSR count). The van der Waals surface area contributed by atoms with Crippen molar-refractivity contribution in [2.24, 2.45) is 5.92 Å². The third-order valence-corrected chi connectivity index (χ3v) is 5.93. The lowest BCUT2D eigenvalue weighted by atomic mass is 10.0. The number of hydrogen-bond donors (Lipinski definition) is 2. The Morgan fingerprint density at radius 2 is 1.96 bits per heavy atom. The maximum absolute atomic E-state index is 12.6. The summed E-state index contributed by atoms with van der Waals surface area (Å²) in [5, 5.41) is 9.21. The maximum atomic E-state index is 12.6. The standard InChI is InChI=1S/C16H20N2O5S/c1-9(2)14(16(20)21)17-24(22,23)12-6-10-4-3-5-18-13(19)8-11(7-12)15(10)18/h6-7,9,14,17H,3-5,8H2,1-2H3,(H,20,21). The number of nitrogens with one attached hydrogen (secondary N) is 1. The number of nitrogens with zero attached hydrogens (tertiary/aromatic N) is 1. The molecule has 0 aromatic heterocycles. The number of carboxylic acid groups (broad SMARTS) is 1. The first kappa shape index (κ1) is 16.9. The van der Waals surface area contributed by atoms with Gasteiger partial charge in [-0.15, -0.1) is 0 Å². The van der Waals surface area contributed by atoms with E-state index in [9.17, 15) is 23.1 Å². The quantitative estimate of drug-likeness (QED) is 0.820. The van der Waals surface area contributed by atoms with Gasteiger partial charge in [-0.3, -0.25) is 9.59 Å². The fraction of sp³-hybridized carbons (Fsp3) is 0.500. The number of aryl methyl sites for hydroxylation is 1. The summed E-state index contributed by atoms with van der Waals surface area (Å²) in [5.74, 6) is -1.61. The first-order valence-corrected chi connectivity index (χ1v) is 9.40. The molecule has 1 amide bonds. The number of carboxylic acids is 1. The zero-order valence-corrected chi connectivity index (χ0v) is 14.4. The van der Waals surface area contributed by atoms with E-state index < -0.39 is 22.0 Å². The van der Waals surface area contributed by atoms with Gasteiger partial charge in [0.05, 0.1) is 17.0 Å². The highest BCUT2D eigenvalue weighted by Gasteiger charge is 2.35. The van der Waals surface area contributed by atoms with Crippen molar-refractivity contribution < 1.29 is 23.1 Å². The highest BCUT2D eigenvalue weighted by atomic mass is 32.2. The molecule has 0 spiro atoms. The van der Waals surface area contributed by atoms with E-state index in [4.69, 9.17) is 0 Å². The third-order valence-electron chi connectivity index (χ3n) is 4.51. The molecule has 130 valence electrons. The number of rotatable bonds is 5. The molecule has 0 bridgehead atoms. The van der Waals surface area contributed by atoms with Crippen LogP contribution in [0, 0.1) is 5.92 Å². The van der Waals surface area contributed by atoms with Gasteiger partial charge in [0.2, 0.25) is 15.9 Å². The number of carbonyl (C=O) groups is 2. The van der Waals surface area contributed by atoms with Gasteiger partial charge in [-0.1, -0.05) is 13.8 Å². The summed E-state index contributed by atoms with van der Waals surface area (Å²) in [6, 6.07) is 1.85. The predicted molar refractivity (Wildman–Crippen MR) is 87.4 cm³/mol. The zero-order chi connectivity index (χ0) is 17.6. The Hall–Kier alpha value is -1.93. The largest absolute Gasteiger partial charge is 0.480 e. The number of anilines is 1. The minimum atomic E-state index is -3.98. The second kappa shape index (κ2) is 5.86. The van der Waals surface area contributed by atoms with Crippen LogP contribution < -0.4 is 9.62 Å². The third kappa shape index (κ3) is 2.80. The van der Waals surface area contributed by atoms with Gasteiger partial charge in [0, 0.05) is 6.54 Å². The molecule has 0 fully saturated rings. The Kier molecular flexibility index (Phi) is 4.13. The number of benzene rings is 1. The van der Waals surface area contributed by atoms with Gasteiger partial charge in [-0.2, -0.15) is 4.72 Å². The van der Waals surface area contributed by atoms with Crippen LogP contribution in [-0.2, 0) is 32.5 Å². The molecule has 0 saturated heterocycles. The molecule has 1 unspecified atom stereocenters. The van der Waals surface area contributed by atoms with Crippen LogP contribution in [0.3, 0.4) is 0 Å². The molecule has 2 N–H and O–H groups in total. The predicted octanol–water partition coefficient (Wildman–Crippen LogP) is 0.909. The van der Waals surface area contributed by atoms with Crippen molar-refractivity contribution in [2.45, 2.75) is 44.0 Å². The lowest BCUT2D eigenvalue weighted by Crippen LogP contribution is -2.44. The fourth-order valence-electron chi connectivity index (χ4n) is 3.31. The van der Waals surface area contributed by atoms with Crippen LogP contribution in [0.15, 0.2) is 17.0 Å². The second-order valence-corrected chi connectivity index (χ2v) is 8.31. The van der Waals surface area contributed by atoms with Gasteiger partial charge >= 0.3 is 5.97 Å². The average molecular weight is 352 g/mol. The number of carbonyl (C=O) groups excluding carboxylic acids is 1. The summed E-state index contributed by atoms with van der Waals surface area (Å²) in [6.45, 7) is 3.95. The summed E-state index contributed by atoms with van der Waals surface area (Å²) in [7, 11) is -3.98. The van der Waals surface area contributed by atoms with Gasteiger partial charge in [-0.25, -0.2) is 8.42 Å². The van der Waals surface area contributed by atoms with E-state index in [1.807, 2.05) is 0 Å². The summed E-state index contributed by atoms with van der Waals surface area (Å²) < 4.78 is 27.5. The van der Waals surface area contributed by atoms with Gasteiger partial charge in [0.15, 0.2) is 0 Å². The highest BCUT2D eigenvalue weighted by molar-refractivity contribution is 7.89. The van der Waals surface area contributed by atoms with Crippen LogP contribution in [-0.4, -0.2) is 38.0 Å². The van der Waals surface area contributed by atoms with Gasteiger partial charge < -0.3 is 10.0 Å². The van der Waals surface area contributed by atoms with E-state index in [-0.39, 0.29) is 23.1 Å². The van der Waals surface area contributed by atoms with Crippen LogP contribution in [0.5, 0.6) is 0 Å². The summed E-state index contributed by atoms with van der Waals surface area (Å²) in [6.07, 6.45) is 1.69. The topological polar surface area (TPSA) is 104 Å². The molecule has 0 radical (unpaired) electrons. The first-order valence-electron chi connectivity index (χ1n) is 7.92.